The predicted molar refractivity (Wildman–Crippen MR) is 120 cm³/mol. The first-order chi connectivity index (χ1) is 14.4. The van der Waals surface area contributed by atoms with E-state index >= 15 is 0 Å². The van der Waals surface area contributed by atoms with Crippen molar-refractivity contribution in [3.05, 3.63) is 84.2 Å². The molecule has 1 saturated heterocycles. The van der Waals surface area contributed by atoms with Crippen LogP contribution in [0.1, 0.15) is 30.0 Å². The molecule has 0 amide bonds. The van der Waals surface area contributed by atoms with E-state index in [0.29, 0.717) is 5.92 Å². The monoisotopic (exact) mass is 382 g/mol. The predicted octanol–water partition coefficient (Wildman–Crippen LogP) is 5.31. The number of H-pyrrole nitrogens is 1. The molecular weight excluding hydrogens is 356 g/mol. The normalized spacial score (nSPS) is 14.9. The van der Waals surface area contributed by atoms with Gasteiger partial charge in [-0.3, -0.25) is 0 Å². The number of pyridine rings is 1. The molecule has 1 aliphatic heterocycles. The first kappa shape index (κ1) is 18.0. The van der Waals surface area contributed by atoms with E-state index in [1.54, 1.807) is 0 Å². The largest absolute Gasteiger partial charge is 0.381 e. The number of benzene rings is 2. The molecule has 0 bridgehead atoms. The maximum Gasteiger partial charge on any atom is 0.138 e. The molecule has 0 radical (unpaired) electrons. The Morgan fingerprint density at radius 3 is 2.52 bits per heavy atom. The van der Waals surface area contributed by atoms with Crippen LogP contribution in [-0.4, -0.2) is 23.1 Å². The summed E-state index contributed by atoms with van der Waals surface area (Å²) in [5.74, 6) is 0.600. The summed E-state index contributed by atoms with van der Waals surface area (Å²) >= 11 is 0. The number of aromatic nitrogens is 2. The highest BCUT2D eigenvalue weighted by Crippen LogP contribution is 2.33. The van der Waals surface area contributed by atoms with Gasteiger partial charge in [-0.05, 0) is 66.9 Å². The lowest BCUT2D eigenvalue weighted by Gasteiger charge is -2.21. The number of hydrogen-bond acceptors (Lipinski definition) is 3. The number of nitrogens with zero attached hydrogens (tertiary/aromatic N) is 1. The standard InChI is InChI=1S/C25H26N4/c1-2-4-18(5-3-1)17-28-21-8-6-19(7-9-21)22-12-15-27-25-23(22)16-24(29-25)20-10-13-26-14-11-20/h1-9,12,15-16,20,26,28H,10-11,13-14,17H2,(H,27,29). The van der Waals surface area contributed by atoms with E-state index < -0.39 is 0 Å². The van der Waals surface area contributed by atoms with Crippen molar-refractivity contribution in [3.63, 3.8) is 0 Å². The highest BCUT2D eigenvalue weighted by molar-refractivity contribution is 5.93. The number of nitrogens with one attached hydrogen (secondary N) is 3. The van der Waals surface area contributed by atoms with Gasteiger partial charge >= 0.3 is 0 Å². The quantitative estimate of drug-likeness (QED) is 0.438. The SMILES string of the molecule is c1ccc(CNc2ccc(-c3ccnc4[nH]c(C5CCNCC5)cc34)cc2)cc1. The summed E-state index contributed by atoms with van der Waals surface area (Å²) in [5.41, 5.74) is 7.18. The molecule has 0 saturated carbocycles. The Hall–Kier alpha value is -3.11. The molecule has 146 valence electrons. The molecule has 4 heteroatoms. The Balaban J connectivity index is 1.37. The van der Waals surface area contributed by atoms with E-state index in [9.17, 15) is 0 Å². The summed E-state index contributed by atoms with van der Waals surface area (Å²) in [5, 5.41) is 8.16. The fourth-order valence-electron chi connectivity index (χ4n) is 4.22. The van der Waals surface area contributed by atoms with Crippen molar-refractivity contribution in [3.8, 4) is 11.1 Å². The molecule has 0 atom stereocenters. The van der Waals surface area contributed by atoms with Crippen molar-refractivity contribution in [2.24, 2.45) is 0 Å². The third-order valence-corrected chi connectivity index (χ3v) is 5.87. The van der Waals surface area contributed by atoms with E-state index in [0.717, 1.165) is 31.0 Å². The summed E-state index contributed by atoms with van der Waals surface area (Å²) in [7, 11) is 0. The fraction of sp³-hybridized carbons (Fsp3) is 0.240. The Morgan fingerprint density at radius 2 is 1.72 bits per heavy atom. The van der Waals surface area contributed by atoms with Crippen LogP contribution in [0.15, 0.2) is 72.9 Å². The van der Waals surface area contributed by atoms with Crippen LogP contribution in [0.3, 0.4) is 0 Å². The molecule has 29 heavy (non-hydrogen) atoms. The van der Waals surface area contributed by atoms with Gasteiger partial charge in [-0.1, -0.05) is 42.5 Å². The first-order valence-electron chi connectivity index (χ1n) is 10.4. The maximum atomic E-state index is 4.58. The van der Waals surface area contributed by atoms with E-state index in [-0.39, 0.29) is 0 Å². The summed E-state index contributed by atoms with van der Waals surface area (Å²) in [6.45, 7) is 3.02. The van der Waals surface area contributed by atoms with Crippen LogP contribution in [0.25, 0.3) is 22.2 Å². The van der Waals surface area contributed by atoms with Gasteiger partial charge in [-0.2, -0.15) is 0 Å². The van der Waals surface area contributed by atoms with Crippen molar-refractivity contribution in [1.29, 1.82) is 0 Å². The Labute approximate surface area is 171 Å². The van der Waals surface area contributed by atoms with Crippen LogP contribution >= 0.6 is 0 Å². The van der Waals surface area contributed by atoms with Gasteiger partial charge in [0.25, 0.3) is 0 Å². The van der Waals surface area contributed by atoms with Gasteiger partial charge in [0.1, 0.15) is 5.65 Å². The lowest BCUT2D eigenvalue weighted by Crippen LogP contribution is -2.26. The van der Waals surface area contributed by atoms with Gasteiger partial charge in [0.2, 0.25) is 0 Å². The lowest BCUT2D eigenvalue weighted by atomic mass is 9.94. The molecule has 1 fully saturated rings. The number of aromatic amines is 1. The van der Waals surface area contributed by atoms with Gasteiger partial charge < -0.3 is 15.6 Å². The highest BCUT2D eigenvalue weighted by atomic mass is 14.9. The molecule has 0 spiro atoms. The van der Waals surface area contributed by atoms with Crippen molar-refractivity contribution in [2.45, 2.75) is 25.3 Å². The third kappa shape index (κ3) is 3.89. The molecule has 0 aliphatic carbocycles. The van der Waals surface area contributed by atoms with E-state index in [2.05, 4.69) is 81.3 Å². The Morgan fingerprint density at radius 1 is 0.931 bits per heavy atom. The minimum atomic E-state index is 0.600. The smallest absolute Gasteiger partial charge is 0.138 e. The van der Waals surface area contributed by atoms with Crippen molar-refractivity contribution < 1.29 is 0 Å². The minimum Gasteiger partial charge on any atom is -0.381 e. The minimum absolute atomic E-state index is 0.600. The van der Waals surface area contributed by atoms with Crippen molar-refractivity contribution >= 4 is 16.7 Å². The summed E-state index contributed by atoms with van der Waals surface area (Å²) in [6.07, 6.45) is 4.27. The average molecular weight is 383 g/mol. The zero-order chi connectivity index (χ0) is 19.5. The van der Waals surface area contributed by atoms with Crippen LogP contribution in [-0.2, 0) is 6.54 Å². The first-order valence-corrected chi connectivity index (χ1v) is 10.4. The topological polar surface area (TPSA) is 52.7 Å². The van der Waals surface area contributed by atoms with Crippen molar-refractivity contribution in [1.82, 2.24) is 15.3 Å². The Kier molecular flexibility index (Phi) is 5.01. The fourth-order valence-corrected chi connectivity index (χ4v) is 4.22. The molecular formula is C25H26N4. The molecule has 5 rings (SSSR count). The molecule has 2 aromatic carbocycles. The maximum absolute atomic E-state index is 4.58. The zero-order valence-electron chi connectivity index (χ0n) is 16.5. The second-order valence-electron chi connectivity index (χ2n) is 7.79. The number of fused-ring (bicyclic) bond motifs is 1. The number of piperidine rings is 1. The van der Waals surface area contributed by atoms with Gasteiger partial charge in [0, 0.05) is 35.4 Å². The second kappa shape index (κ2) is 8.10. The number of hydrogen-bond donors (Lipinski definition) is 3. The van der Waals surface area contributed by atoms with Crippen LogP contribution in [0.4, 0.5) is 5.69 Å². The lowest BCUT2D eigenvalue weighted by molar-refractivity contribution is 0.455. The zero-order valence-corrected chi connectivity index (χ0v) is 16.5. The molecule has 4 aromatic rings. The number of anilines is 1. The molecule has 0 unspecified atom stereocenters. The van der Waals surface area contributed by atoms with Crippen LogP contribution in [0.5, 0.6) is 0 Å². The summed E-state index contributed by atoms with van der Waals surface area (Å²) in [4.78, 5) is 8.15. The van der Waals surface area contributed by atoms with E-state index in [4.69, 9.17) is 0 Å². The summed E-state index contributed by atoms with van der Waals surface area (Å²) in [6, 6.07) is 23.6. The Bertz CT molecular complexity index is 1080. The number of rotatable bonds is 5. The molecule has 3 heterocycles. The molecule has 4 nitrogen and oxygen atoms in total. The molecule has 3 N–H and O–H groups in total. The second-order valence-corrected chi connectivity index (χ2v) is 7.79. The molecule has 1 aliphatic rings. The van der Waals surface area contributed by atoms with Gasteiger partial charge in [0.05, 0.1) is 0 Å². The van der Waals surface area contributed by atoms with E-state index in [1.165, 1.54) is 40.6 Å². The highest BCUT2D eigenvalue weighted by Gasteiger charge is 2.18. The van der Waals surface area contributed by atoms with Gasteiger partial charge in [0.15, 0.2) is 0 Å². The summed E-state index contributed by atoms with van der Waals surface area (Å²) < 4.78 is 0. The third-order valence-electron chi connectivity index (χ3n) is 5.87. The van der Waals surface area contributed by atoms with Gasteiger partial charge in [-0.25, -0.2) is 4.98 Å². The van der Waals surface area contributed by atoms with Crippen LogP contribution < -0.4 is 10.6 Å². The van der Waals surface area contributed by atoms with E-state index in [1.807, 2.05) is 12.3 Å². The van der Waals surface area contributed by atoms with Crippen molar-refractivity contribution in [2.75, 3.05) is 18.4 Å². The molecule has 2 aromatic heterocycles. The van der Waals surface area contributed by atoms with Crippen LogP contribution in [0.2, 0.25) is 0 Å². The van der Waals surface area contributed by atoms with Crippen LogP contribution in [0, 0.1) is 0 Å². The average Bonchev–Trinajstić information content (AvgIpc) is 3.24. The van der Waals surface area contributed by atoms with Gasteiger partial charge in [-0.15, -0.1) is 0 Å².